The third-order valence-electron chi connectivity index (χ3n) is 3.15. The number of nitrogens with zero attached hydrogens (tertiary/aromatic N) is 1. The number of rotatable bonds is 3. The smallest absolute Gasteiger partial charge is 0.184 e. The lowest BCUT2D eigenvalue weighted by atomic mass is 10.1. The normalized spacial score (nSPS) is 10.9. The lowest BCUT2D eigenvalue weighted by Crippen LogP contribution is -2.06. The second-order valence-electron chi connectivity index (χ2n) is 4.68. The fourth-order valence-electron chi connectivity index (χ4n) is 2.11. The van der Waals surface area contributed by atoms with Crippen LogP contribution in [0.5, 0.6) is 5.75 Å². The van der Waals surface area contributed by atoms with Crippen molar-refractivity contribution in [1.82, 2.24) is 4.98 Å². The molecule has 0 amide bonds. The molecule has 0 aliphatic heterocycles. The maximum absolute atomic E-state index is 14.0. The quantitative estimate of drug-likeness (QED) is 0.748. The zero-order valence-corrected chi connectivity index (χ0v) is 11.3. The summed E-state index contributed by atoms with van der Waals surface area (Å²) in [6.45, 7) is -0.293. The topological polar surface area (TPSA) is 48.1 Å². The highest BCUT2D eigenvalue weighted by molar-refractivity contribution is 5.80. The highest BCUT2D eigenvalue weighted by Crippen LogP contribution is 2.24. The SMILES string of the molecule is Nc1cccc(OCc2nc3cccc(F)c3c(F)c2F)c1. The van der Waals surface area contributed by atoms with E-state index in [0.717, 1.165) is 6.07 Å². The zero-order chi connectivity index (χ0) is 15.7. The van der Waals surface area contributed by atoms with Crippen molar-refractivity contribution in [3.05, 3.63) is 65.6 Å². The average molecular weight is 304 g/mol. The van der Waals surface area contributed by atoms with Crippen LogP contribution >= 0.6 is 0 Å². The number of anilines is 1. The van der Waals surface area contributed by atoms with E-state index >= 15 is 0 Å². The van der Waals surface area contributed by atoms with E-state index in [1.165, 1.54) is 12.1 Å². The Morgan fingerprint density at radius 3 is 2.55 bits per heavy atom. The minimum absolute atomic E-state index is 0.0325. The van der Waals surface area contributed by atoms with E-state index in [1.54, 1.807) is 24.3 Å². The molecule has 1 heterocycles. The van der Waals surface area contributed by atoms with Crippen LogP contribution in [0.1, 0.15) is 5.69 Å². The van der Waals surface area contributed by atoms with E-state index in [-0.39, 0.29) is 17.8 Å². The summed E-state index contributed by atoms with van der Waals surface area (Å²) in [6, 6.07) is 10.4. The van der Waals surface area contributed by atoms with Gasteiger partial charge in [0.05, 0.1) is 10.9 Å². The Kier molecular flexibility index (Phi) is 3.58. The summed E-state index contributed by atoms with van der Waals surface area (Å²) in [5.41, 5.74) is 5.88. The van der Waals surface area contributed by atoms with Crippen molar-refractivity contribution in [1.29, 1.82) is 0 Å². The Balaban J connectivity index is 1.96. The fraction of sp³-hybridized carbons (Fsp3) is 0.0625. The van der Waals surface area contributed by atoms with Gasteiger partial charge in [-0.05, 0) is 24.3 Å². The Labute approximate surface area is 124 Å². The molecule has 0 saturated carbocycles. The lowest BCUT2D eigenvalue weighted by molar-refractivity contribution is 0.292. The number of hydrogen-bond acceptors (Lipinski definition) is 3. The predicted octanol–water partition coefficient (Wildman–Crippen LogP) is 3.81. The van der Waals surface area contributed by atoms with E-state index in [2.05, 4.69) is 4.98 Å². The van der Waals surface area contributed by atoms with Crippen LogP contribution in [0.4, 0.5) is 18.9 Å². The summed E-state index contributed by atoms with van der Waals surface area (Å²) in [7, 11) is 0. The Morgan fingerprint density at radius 2 is 1.77 bits per heavy atom. The van der Waals surface area contributed by atoms with Crippen molar-refractivity contribution in [3.8, 4) is 5.75 Å². The van der Waals surface area contributed by atoms with Gasteiger partial charge >= 0.3 is 0 Å². The molecule has 2 N–H and O–H groups in total. The average Bonchev–Trinajstić information content (AvgIpc) is 2.49. The Hall–Kier alpha value is -2.76. The zero-order valence-electron chi connectivity index (χ0n) is 11.3. The van der Waals surface area contributed by atoms with Crippen molar-refractivity contribution >= 4 is 16.6 Å². The Morgan fingerprint density at radius 1 is 1.00 bits per heavy atom. The highest BCUT2D eigenvalue weighted by Gasteiger charge is 2.18. The summed E-state index contributed by atoms with van der Waals surface area (Å²) in [4.78, 5) is 3.92. The standard InChI is InChI=1S/C16H11F3N2O/c17-11-5-2-6-12-14(11)16(19)15(18)13(21-12)8-22-10-4-1-3-9(20)7-10/h1-7H,8,20H2. The maximum atomic E-state index is 14.0. The van der Waals surface area contributed by atoms with Gasteiger partial charge < -0.3 is 10.5 Å². The number of halogens is 3. The summed E-state index contributed by atoms with van der Waals surface area (Å²) in [5, 5.41) is -0.465. The third kappa shape index (κ3) is 2.55. The van der Waals surface area contributed by atoms with Crippen molar-refractivity contribution in [2.75, 3.05) is 5.73 Å². The first-order valence-electron chi connectivity index (χ1n) is 6.46. The second kappa shape index (κ2) is 5.55. The van der Waals surface area contributed by atoms with Gasteiger partial charge in [-0.25, -0.2) is 18.2 Å². The third-order valence-corrected chi connectivity index (χ3v) is 3.15. The number of nitrogens with two attached hydrogens (primary N) is 1. The van der Waals surface area contributed by atoms with Gasteiger partial charge in [0.15, 0.2) is 11.6 Å². The molecule has 0 atom stereocenters. The number of aromatic nitrogens is 1. The summed E-state index contributed by atoms with van der Waals surface area (Å²) in [5.74, 6) is -2.94. The molecule has 6 heteroatoms. The molecule has 22 heavy (non-hydrogen) atoms. The second-order valence-corrected chi connectivity index (χ2v) is 4.68. The van der Waals surface area contributed by atoms with E-state index < -0.39 is 22.8 Å². The molecular formula is C16H11F3N2O. The molecule has 0 saturated heterocycles. The minimum atomic E-state index is -1.27. The maximum Gasteiger partial charge on any atom is 0.184 e. The molecule has 3 rings (SSSR count). The minimum Gasteiger partial charge on any atom is -0.487 e. The van der Waals surface area contributed by atoms with Crippen LogP contribution in [0.15, 0.2) is 42.5 Å². The van der Waals surface area contributed by atoms with Crippen molar-refractivity contribution < 1.29 is 17.9 Å². The van der Waals surface area contributed by atoms with E-state index in [0.29, 0.717) is 11.4 Å². The van der Waals surface area contributed by atoms with Gasteiger partial charge in [0.25, 0.3) is 0 Å². The van der Waals surface area contributed by atoms with Crippen molar-refractivity contribution in [3.63, 3.8) is 0 Å². The number of hydrogen-bond donors (Lipinski definition) is 1. The van der Waals surface area contributed by atoms with E-state index in [9.17, 15) is 13.2 Å². The van der Waals surface area contributed by atoms with Crippen LogP contribution in [0, 0.1) is 17.5 Å². The number of fused-ring (bicyclic) bond motifs is 1. The molecule has 0 aliphatic carbocycles. The summed E-state index contributed by atoms with van der Waals surface area (Å²) >= 11 is 0. The molecule has 0 radical (unpaired) electrons. The van der Waals surface area contributed by atoms with Crippen LogP contribution in [-0.4, -0.2) is 4.98 Å². The molecule has 3 nitrogen and oxygen atoms in total. The van der Waals surface area contributed by atoms with E-state index in [4.69, 9.17) is 10.5 Å². The molecule has 3 aromatic rings. The van der Waals surface area contributed by atoms with Crippen molar-refractivity contribution in [2.45, 2.75) is 6.61 Å². The van der Waals surface area contributed by atoms with Gasteiger partial charge in [-0.2, -0.15) is 0 Å². The van der Waals surface area contributed by atoms with E-state index in [1.807, 2.05) is 0 Å². The molecule has 0 spiro atoms. The molecule has 2 aromatic carbocycles. The molecule has 0 bridgehead atoms. The molecule has 112 valence electrons. The lowest BCUT2D eigenvalue weighted by Gasteiger charge is -2.09. The molecule has 0 unspecified atom stereocenters. The predicted molar refractivity (Wildman–Crippen MR) is 76.8 cm³/mol. The molecule has 0 aliphatic rings. The molecular weight excluding hydrogens is 293 g/mol. The first-order chi connectivity index (χ1) is 10.6. The molecule has 1 aromatic heterocycles. The van der Waals surface area contributed by atoms with Gasteiger partial charge in [-0.1, -0.05) is 12.1 Å². The molecule has 0 fully saturated rings. The monoisotopic (exact) mass is 304 g/mol. The van der Waals surface area contributed by atoms with Crippen LogP contribution in [0.2, 0.25) is 0 Å². The van der Waals surface area contributed by atoms with Crippen molar-refractivity contribution in [2.24, 2.45) is 0 Å². The van der Waals surface area contributed by atoms with Gasteiger partial charge in [0.1, 0.15) is 23.9 Å². The number of ether oxygens (including phenoxy) is 1. The highest BCUT2D eigenvalue weighted by atomic mass is 19.2. The van der Waals surface area contributed by atoms with Gasteiger partial charge in [-0.3, -0.25) is 0 Å². The first-order valence-corrected chi connectivity index (χ1v) is 6.46. The fourth-order valence-corrected chi connectivity index (χ4v) is 2.11. The van der Waals surface area contributed by atoms with Crippen LogP contribution in [0.25, 0.3) is 10.9 Å². The first kappa shape index (κ1) is 14.2. The number of benzene rings is 2. The number of pyridine rings is 1. The van der Waals surface area contributed by atoms with Gasteiger partial charge in [0.2, 0.25) is 0 Å². The summed E-state index contributed by atoms with van der Waals surface area (Å²) in [6.07, 6.45) is 0. The van der Waals surface area contributed by atoms with Crippen LogP contribution in [-0.2, 0) is 6.61 Å². The summed E-state index contributed by atoms with van der Waals surface area (Å²) < 4.78 is 46.9. The van der Waals surface area contributed by atoms with Crippen LogP contribution in [0.3, 0.4) is 0 Å². The largest absolute Gasteiger partial charge is 0.487 e. The van der Waals surface area contributed by atoms with Gasteiger partial charge in [0, 0.05) is 11.8 Å². The number of nitrogen functional groups attached to an aromatic ring is 1. The van der Waals surface area contributed by atoms with Crippen LogP contribution < -0.4 is 10.5 Å². The Bertz CT molecular complexity index is 852. The van der Waals surface area contributed by atoms with Gasteiger partial charge in [-0.15, -0.1) is 0 Å².